The van der Waals surface area contributed by atoms with Crippen molar-refractivity contribution in [3.63, 3.8) is 0 Å². The Morgan fingerprint density at radius 2 is 1.72 bits per heavy atom. The Hall–Kier alpha value is -2.36. The molecule has 1 aliphatic carbocycles. The van der Waals surface area contributed by atoms with E-state index < -0.39 is 6.10 Å². The zero-order valence-electron chi connectivity index (χ0n) is 14.7. The van der Waals surface area contributed by atoms with Crippen LogP contribution in [0.4, 0.5) is 4.39 Å². The summed E-state index contributed by atoms with van der Waals surface area (Å²) in [5, 5.41) is 3.00. The Bertz CT molecular complexity index is 742. The van der Waals surface area contributed by atoms with Crippen molar-refractivity contribution in [2.45, 2.75) is 51.7 Å². The van der Waals surface area contributed by atoms with Gasteiger partial charge >= 0.3 is 0 Å². The summed E-state index contributed by atoms with van der Waals surface area (Å²) in [5.41, 5.74) is 3.95. The minimum atomic E-state index is -0.648. The molecule has 0 unspecified atom stereocenters. The highest BCUT2D eigenvalue weighted by Crippen LogP contribution is 2.25. The molecule has 3 nitrogen and oxygen atoms in total. The van der Waals surface area contributed by atoms with E-state index in [0.29, 0.717) is 5.75 Å². The number of halogens is 1. The molecule has 25 heavy (non-hydrogen) atoms. The second-order valence-electron chi connectivity index (χ2n) is 6.68. The van der Waals surface area contributed by atoms with Crippen LogP contribution in [0.5, 0.6) is 5.75 Å². The molecule has 0 bridgehead atoms. The minimum Gasteiger partial charge on any atom is -0.481 e. The molecule has 0 aromatic heterocycles. The number of aryl methyl sites for hydroxylation is 2. The van der Waals surface area contributed by atoms with Gasteiger partial charge in [-0.2, -0.15) is 0 Å². The number of hydrogen-bond donors (Lipinski definition) is 1. The van der Waals surface area contributed by atoms with E-state index in [9.17, 15) is 9.18 Å². The van der Waals surface area contributed by atoms with Crippen LogP contribution in [-0.2, 0) is 17.6 Å². The largest absolute Gasteiger partial charge is 0.481 e. The summed E-state index contributed by atoms with van der Waals surface area (Å²) in [6.07, 6.45) is 4.12. The third-order valence-electron chi connectivity index (χ3n) is 4.73. The van der Waals surface area contributed by atoms with Crippen LogP contribution in [0.25, 0.3) is 0 Å². The van der Waals surface area contributed by atoms with Gasteiger partial charge in [-0.15, -0.1) is 0 Å². The Labute approximate surface area is 148 Å². The SMILES string of the molecule is C[C@@H](Oc1ccc(F)cc1)C(=O)N[C@H](C)c1ccc2c(c1)CCCC2. The van der Waals surface area contributed by atoms with E-state index in [1.807, 2.05) is 6.92 Å². The lowest BCUT2D eigenvalue weighted by molar-refractivity contribution is -0.127. The Morgan fingerprint density at radius 3 is 2.44 bits per heavy atom. The molecule has 2 aromatic carbocycles. The van der Waals surface area contributed by atoms with Crippen LogP contribution < -0.4 is 10.1 Å². The van der Waals surface area contributed by atoms with Crippen molar-refractivity contribution in [2.75, 3.05) is 0 Å². The van der Waals surface area contributed by atoms with Crippen molar-refractivity contribution < 1.29 is 13.9 Å². The number of ether oxygens (including phenoxy) is 1. The molecule has 0 fully saturated rings. The molecule has 1 aliphatic rings. The molecule has 3 rings (SSSR count). The molecule has 2 aromatic rings. The van der Waals surface area contributed by atoms with Gasteiger partial charge in [-0.3, -0.25) is 4.79 Å². The second-order valence-corrected chi connectivity index (χ2v) is 6.68. The first-order valence-corrected chi connectivity index (χ1v) is 8.87. The first-order valence-electron chi connectivity index (χ1n) is 8.87. The normalized spacial score (nSPS) is 15.8. The molecule has 4 heteroatoms. The number of hydrogen-bond acceptors (Lipinski definition) is 2. The maximum atomic E-state index is 12.9. The van der Waals surface area contributed by atoms with Crippen LogP contribution in [-0.4, -0.2) is 12.0 Å². The number of carbonyl (C=O) groups excluding carboxylic acids is 1. The van der Waals surface area contributed by atoms with E-state index in [4.69, 9.17) is 4.74 Å². The summed E-state index contributed by atoms with van der Waals surface area (Å²) in [6, 6.07) is 12.1. The fourth-order valence-corrected chi connectivity index (χ4v) is 3.21. The van der Waals surface area contributed by atoms with Crippen molar-refractivity contribution in [1.29, 1.82) is 0 Å². The lowest BCUT2D eigenvalue weighted by Gasteiger charge is -2.21. The predicted molar refractivity (Wildman–Crippen MR) is 96.1 cm³/mol. The standard InChI is InChI=1S/C21H24FNO2/c1-14(17-8-7-16-5-3-4-6-18(16)13-17)23-21(24)15(2)25-20-11-9-19(22)10-12-20/h7-15H,3-6H2,1-2H3,(H,23,24)/t14-,15-/m1/s1. The summed E-state index contributed by atoms with van der Waals surface area (Å²) in [4.78, 5) is 12.4. The molecule has 0 aliphatic heterocycles. The molecular formula is C21H24FNO2. The molecule has 0 heterocycles. The molecule has 2 atom stereocenters. The highest BCUT2D eigenvalue weighted by atomic mass is 19.1. The molecule has 1 N–H and O–H groups in total. The maximum Gasteiger partial charge on any atom is 0.261 e. The zero-order chi connectivity index (χ0) is 17.8. The van der Waals surface area contributed by atoms with Crippen LogP contribution in [0, 0.1) is 5.82 Å². The minimum absolute atomic E-state index is 0.0843. The van der Waals surface area contributed by atoms with E-state index in [2.05, 4.69) is 23.5 Å². The van der Waals surface area contributed by atoms with Crippen molar-refractivity contribution in [1.82, 2.24) is 5.32 Å². The van der Waals surface area contributed by atoms with E-state index in [0.717, 1.165) is 18.4 Å². The van der Waals surface area contributed by atoms with Gasteiger partial charge in [0.25, 0.3) is 5.91 Å². The first kappa shape index (κ1) is 17.5. The lowest BCUT2D eigenvalue weighted by atomic mass is 9.89. The zero-order valence-corrected chi connectivity index (χ0v) is 14.7. The monoisotopic (exact) mass is 341 g/mol. The highest BCUT2D eigenvalue weighted by Gasteiger charge is 2.19. The van der Waals surface area contributed by atoms with Gasteiger partial charge in [-0.1, -0.05) is 18.2 Å². The molecule has 1 amide bonds. The lowest BCUT2D eigenvalue weighted by Crippen LogP contribution is -2.37. The van der Waals surface area contributed by atoms with Crippen LogP contribution in [0.1, 0.15) is 49.4 Å². The average Bonchev–Trinajstić information content (AvgIpc) is 2.63. The second kappa shape index (κ2) is 7.68. The van der Waals surface area contributed by atoms with Gasteiger partial charge in [-0.05, 0) is 80.5 Å². The van der Waals surface area contributed by atoms with Gasteiger partial charge in [0.05, 0.1) is 6.04 Å². The van der Waals surface area contributed by atoms with Crippen molar-refractivity contribution in [3.05, 3.63) is 65.0 Å². The van der Waals surface area contributed by atoms with Gasteiger partial charge in [0, 0.05) is 0 Å². The smallest absolute Gasteiger partial charge is 0.261 e. The fourth-order valence-electron chi connectivity index (χ4n) is 3.21. The van der Waals surface area contributed by atoms with Gasteiger partial charge < -0.3 is 10.1 Å². The van der Waals surface area contributed by atoms with Gasteiger partial charge in [0.2, 0.25) is 0 Å². The molecule has 0 saturated heterocycles. The quantitative estimate of drug-likeness (QED) is 0.878. The third kappa shape index (κ3) is 4.38. The van der Waals surface area contributed by atoms with Gasteiger partial charge in [-0.25, -0.2) is 4.39 Å². The van der Waals surface area contributed by atoms with E-state index >= 15 is 0 Å². The van der Waals surface area contributed by atoms with Crippen molar-refractivity contribution in [3.8, 4) is 5.75 Å². The highest BCUT2D eigenvalue weighted by molar-refractivity contribution is 5.81. The van der Waals surface area contributed by atoms with Crippen molar-refractivity contribution in [2.24, 2.45) is 0 Å². The average molecular weight is 341 g/mol. The van der Waals surface area contributed by atoms with Gasteiger partial charge in [0.1, 0.15) is 11.6 Å². The molecule has 0 radical (unpaired) electrons. The fraction of sp³-hybridized carbons (Fsp3) is 0.381. The number of carbonyl (C=O) groups is 1. The van der Waals surface area contributed by atoms with Crippen LogP contribution in [0.3, 0.4) is 0 Å². The molecule has 0 spiro atoms. The summed E-state index contributed by atoms with van der Waals surface area (Å²) >= 11 is 0. The van der Waals surface area contributed by atoms with Gasteiger partial charge in [0.15, 0.2) is 6.10 Å². The number of fused-ring (bicyclic) bond motifs is 1. The Balaban J connectivity index is 1.60. The van der Waals surface area contributed by atoms with Crippen LogP contribution in [0.15, 0.2) is 42.5 Å². The van der Waals surface area contributed by atoms with Crippen LogP contribution >= 0.6 is 0 Å². The number of rotatable bonds is 5. The van der Waals surface area contributed by atoms with E-state index in [-0.39, 0.29) is 17.8 Å². The summed E-state index contributed by atoms with van der Waals surface area (Å²) in [7, 11) is 0. The first-order chi connectivity index (χ1) is 12.0. The number of benzene rings is 2. The van der Waals surface area contributed by atoms with Crippen molar-refractivity contribution >= 4 is 5.91 Å². The van der Waals surface area contributed by atoms with Crippen LogP contribution in [0.2, 0.25) is 0 Å². The number of nitrogens with one attached hydrogen (secondary N) is 1. The maximum absolute atomic E-state index is 12.9. The summed E-state index contributed by atoms with van der Waals surface area (Å²) < 4.78 is 18.5. The Morgan fingerprint density at radius 1 is 1.04 bits per heavy atom. The predicted octanol–water partition coefficient (Wildman–Crippen LogP) is 4.35. The van der Waals surface area contributed by atoms with E-state index in [1.165, 1.54) is 48.2 Å². The molecule has 132 valence electrons. The summed E-state index contributed by atoms with van der Waals surface area (Å²) in [5.74, 6) is -0.0366. The number of amides is 1. The molecule has 0 saturated carbocycles. The Kier molecular flexibility index (Phi) is 5.37. The molecular weight excluding hydrogens is 317 g/mol. The third-order valence-corrected chi connectivity index (χ3v) is 4.73. The topological polar surface area (TPSA) is 38.3 Å². The van der Waals surface area contributed by atoms with E-state index in [1.54, 1.807) is 6.92 Å². The summed E-state index contributed by atoms with van der Waals surface area (Å²) in [6.45, 7) is 3.67.